The van der Waals surface area contributed by atoms with E-state index in [0.29, 0.717) is 18.0 Å². The molecule has 0 saturated carbocycles. The Morgan fingerprint density at radius 3 is 2.53 bits per heavy atom. The smallest absolute Gasteiger partial charge is 0.326 e. The molecule has 1 unspecified atom stereocenters. The van der Waals surface area contributed by atoms with Crippen LogP contribution in [0.4, 0.5) is 5.00 Å². The second-order valence-corrected chi connectivity index (χ2v) is 5.61. The van der Waals surface area contributed by atoms with Gasteiger partial charge in [0, 0.05) is 37.1 Å². The summed E-state index contributed by atoms with van der Waals surface area (Å²) < 4.78 is 0. The van der Waals surface area contributed by atoms with Crippen LogP contribution in [0.5, 0.6) is 0 Å². The van der Waals surface area contributed by atoms with Gasteiger partial charge in [-0.15, -0.1) is 0 Å². The molecule has 1 aromatic rings. The van der Waals surface area contributed by atoms with Crippen LogP contribution in [-0.4, -0.2) is 59.0 Å². The number of hydrogen-bond donors (Lipinski definition) is 1. The van der Waals surface area contributed by atoms with Crippen molar-refractivity contribution in [2.45, 2.75) is 6.04 Å². The van der Waals surface area contributed by atoms with Crippen LogP contribution >= 0.6 is 11.3 Å². The van der Waals surface area contributed by atoms with Crippen LogP contribution in [0, 0.1) is 10.1 Å². The zero-order valence-corrected chi connectivity index (χ0v) is 11.3. The van der Waals surface area contributed by atoms with E-state index in [4.69, 9.17) is 0 Å². The molecule has 1 aliphatic rings. The third kappa shape index (κ3) is 3.09. The van der Waals surface area contributed by atoms with Crippen LogP contribution < -0.4 is 0 Å². The number of thiophene rings is 1. The summed E-state index contributed by atoms with van der Waals surface area (Å²) in [6, 6.07) is 2.12. The first kappa shape index (κ1) is 13.9. The Kier molecular flexibility index (Phi) is 4.13. The molecule has 0 aromatic carbocycles. The average molecular weight is 285 g/mol. The van der Waals surface area contributed by atoms with Gasteiger partial charge >= 0.3 is 11.0 Å². The fourth-order valence-electron chi connectivity index (χ4n) is 2.13. The van der Waals surface area contributed by atoms with E-state index in [1.54, 1.807) is 6.07 Å². The number of carboxylic acid groups (broad SMARTS) is 1. The molecule has 1 saturated heterocycles. The van der Waals surface area contributed by atoms with Gasteiger partial charge in [-0.05, 0) is 13.1 Å². The quantitative estimate of drug-likeness (QED) is 0.656. The topological polar surface area (TPSA) is 86.9 Å². The highest BCUT2D eigenvalue weighted by atomic mass is 32.1. The summed E-state index contributed by atoms with van der Waals surface area (Å²) in [5.41, 5.74) is 0. The van der Waals surface area contributed by atoms with E-state index in [1.807, 2.05) is 11.9 Å². The third-order valence-electron chi connectivity index (χ3n) is 3.20. The molecule has 0 amide bonds. The van der Waals surface area contributed by atoms with Crippen molar-refractivity contribution < 1.29 is 14.8 Å². The number of piperazine rings is 1. The number of carboxylic acids is 1. The van der Waals surface area contributed by atoms with Gasteiger partial charge in [0.25, 0.3) is 0 Å². The van der Waals surface area contributed by atoms with E-state index < -0.39 is 16.9 Å². The first-order valence-electron chi connectivity index (χ1n) is 5.88. The lowest BCUT2D eigenvalue weighted by molar-refractivity contribution is -0.380. The molecule has 7 nitrogen and oxygen atoms in total. The monoisotopic (exact) mass is 285 g/mol. The van der Waals surface area contributed by atoms with E-state index in [1.165, 1.54) is 6.07 Å². The van der Waals surface area contributed by atoms with Gasteiger partial charge in [-0.25, -0.2) is 0 Å². The van der Waals surface area contributed by atoms with Gasteiger partial charge in [0.15, 0.2) is 0 Å². The number of hydrogen-bond acceptors (Lipinski definition) is 6. The Hall–Kier alpha value is -1.51. The Labute approximate surface area is 114 Å². The van der Waals surface area contributed by atoms with Crippen LogP contribution in [0.2, 0.25) is 0 Å². The number of nitrogens with zero attached hydrogens (tertiary/aromatic N) is 3. The second kappa shape index (κ2) is 5.64. The summed E-state index contributed by atoms with van der Waals surface area (Å²) in [6.07, 6.45) is 0. The largest absolute Gasteiger partial charge is 0.480 e. The lowest BCUT2D eigenvalue weighted by Gasteiger charge is -2.35. The van der Waals surface area contributed by atoms with Crippen LogP contribution in [0.3, 0.4) is 0 Å². The maximum atomic E-state index is 11.4. The van der Waals surface area contributed by atoms with Crippen LogP contribution in [0.1, 0.15) is 10.9 Å². The van der Waals surface area contributed by atoms with Crippen molar-refractivity contribution in [3.8, 4) is 0 Å². The minimum atomic E-state index is -0.957. The summed E-state index contributed by atoms with van der Waals surface area (Å²) >= 11 is 0.937. The predicted octanol–water partition coefficient (Wildman–Crippen LogP) is 1.03. The van der Waals surface area contributed by atoms with Crippen molar-refractivity contribution in [1.82, 2.24) is 9.80 Å². The highest BCUT2D eigenvalue weighted by molar-refractivity contribution is 7.15. The summed E-state index contributed by atoms with van der Waals surface area (Å²) in [5, 5.41) is 20.0. The van der Waals surface area contributed by atoms with Gasteiger partial charge in [-0.2, -0.15) is 0 Å². The van der Waals surface area contributed by atoms with Crippen LogP contribution in [0.25, 0.3) is 0 Å². The van der Waals surface area contributed by atoms with Gasteiger partial charge in [-0.3, -0.25) is 19.8 Å². The molecule has 1 atom stereocenters. The molecule has 19 heavy (non-hydrogen) atoms. The summed E-state index contributed by atoms with van der Waals surface area (Å²) in [7, 11) is 1.99. The average Bonchev–Trinajstić information content (AvgIpc) is 2.81. The maximum absolute atomic E-state index is 11.4. The number of rotatable bonds is 4. The summed E-state index contributed by atoms with van der Waals surface area (Å²) in [4.78, 5) is 26.1. The molecule has 2 rings (SSSR count). The van der Waals surface area contributed by atoms with Crippen molar-refractivity contribution in [2.24, 2.45) is 0 Å². The number of carbonyl (C=O) groups is 1. The summed E-state index contributed by atoms with van der Waals surface area (Å²) in [5.74, 6) is -0.957. The van der Waals surface area contributed by atoms with Crippen molar-refractivity contribution in [3.63, 3.8) is 0 Å². The second-order valence-electron chi connectivity index (χ2n) is 4.51. The standard InChI is InChI=1S/C11H15N3O4S/c1-12-4-6-13(7-5-12)10(11(15)16)8-2-3-9(19-8)14(17)18/h2-3,10H,4-7H2,1H3,(H,15,16). The van der Waals surface area contributed by atoms with Gasteiger partial charge in [-0.1, -0.05) is 11.3 Å². The highest BCUT2D eigenvalue weighted by Crippen LogP contribution is 2.32. The molecule has 0 aliphatic carbocycles. The molecule has 1 aromatic heterocycles. The molecule has 1 fully saturated rings. The van der Waals surface area contributed by atoms with Crippen LogP contribution in [-0.2, 0) is 4.79 Å². The van der Waals surface area contributed by atoms with Crippen molar-refractivity contribution in [3.05, 3.63) is 27.1 Å². The zero-order valence-electron chi connectivity index (χ0n) is 10.5. The van der Waals surface area contributed by atoms with Crippen LogP contribution in [0.15, 0.2) is 12.1 Å². The predicted molar refractivity (Wildman–Crippen MR) is 70.4 cm³/mol. The Bertz CT molecular complexity index is 482. The van der Waals surface area contributed by atoms with E-state index in [2.05, 4.69) is 4.90 Å². The summed E-state index contributed by atoms with van der Waals surface area (Å²) in [6.45, 7) is 2.91. The van der Waals surface area contributed by atoms with E-state index in [0.717, 1.165) is 24.4 Å². The zero-order chi connectivity index (χ0) is 14.0. The van der Waals surface area contributed by atoms with Crippen molar-refractivity contribution in [2.75, 3.05) is 33.2 Å². The Balaban J connectivity index is 2.19. The van der Waals surface area contributed by atoms with E-state index in [9.17, 15) is 20.0 Å². The molecule has 0 bridgehead atoms. The fraction of sp³-hybridized carbons (Fsp3) is 0.545. The van der Waals surface area contributed by atoms with Gasteiger partial charge in [0.05, 0.1) is 4.92 Å². The van der Waals surface area contributed by atoms with E-state index in [-0.39, 0.29) is 5.00 Å². The molecule has 1 N–H and O–H groups in total. The van der Waals surface area contributed by atoms with E-state index >= 15 is 0 Å². The first-order chi connectivity index (χ1) is 8.99. The Morgan fingerprint density at radius 1 is 1.42 bits per heavy atom. The molecule has 0 spiro atoms. The molecule has 104 valence electrons. The number of aliphatic carboxylic acids is 1. The number of nitro groups is 1. The lowest BCUT2D eigenvalue weighted by Crippen LogP contribution is -2.47. The number of likely N-dealkylation sites (N-methyl/N-ethyl adjacent to an activating group) is 1. The third-order valence-corrected chi connectivity index (χ3v) is 4.29. The maximum Gasteiger partial charge on any atom is 0.326 e. The highest BCUT2D eigenvalue weighted by Gasteiger charge is 2.31. The normalized spacial score (nSPS) is 19.2. The molecule has 2 heterocycles. The van der Waals surface area contributed by atoms with Gasteiger partial charge < -0.3 is 10.0 Å². The minimum absolute atomic E-state index is 0.0182. The molecule has 8 heteroatoms. The molecule has 0 radical (unpaired) electrons. The Morgan fingerprint density at radius 2 is 2.05 bits per heavy atom. The fourth-order valence-corrected chi connectivity index (χ4v) is 3.07. The SMILES string of the molecule is CN1CCN(C(C(=O)O)c2ccc([N+](=O)[O-])s2)CC1. The molecule has 1 aliphatic heterocycles. The van der Waals surface area contributed by atoms with Crippen molar-refractivity contribution in [1.29, 1.82) is 0 Å². The minimum Gasteiger partial charge on any atom is -0.480 e. The van der Waals surface area contributed by atoms with Gasteiger partial charge in [0.2, 0.25) is 0 Å². The lowest BCUT2D eigenvalue weighted by atomic mass is 10.2. The van der Waals surface area contributed by atoms with Crippen molar-refractivity contribution >= 4 is 22.3 Å². The molecular formula is C11H15N3O4S. The first-order valence-corrected chi connectivity index (χ1v) is 6.70. The van der Waals surface area contributed by atoms with Gasteiger partial charge in [0.1, 0.15) is 6.04 Å². The molecular weight excluding hydrogens is 270 g/mol.